The number of β-lactam (4-membered cyclic amide) rings is 1. The van der Waals surface area contributed by atoms with Crippen LogP contribution in [0.2, 0.25) is 0 Å². The van der Waals surface area contributed by atoms with Gasteiger partial charge in [-0.3, -0.25) is 19.5 Å². The zero-order chi connectivity index (χ0) is 26.8. The molecule has 0 aromatic carbocycles. The number of aromatic nitrogens is 1. The maximum Gasteiger partial charge on any atom is 0.352 e. The number of hydrogen-bond acceptors (Lipinski definition) is 14. The van der Waals surface area contributed by atoms with Gasteiger partial charge in [0, 0.05) is 16.9 Å². The molecule has 13 nitrogen and oxygen atoms in total. The normalized spacial score (nSPS) is 26.6. The van der Waals surface area contributed by atoms with Crippen LogP contribution in [0.3, 0.4) is 0 Å². The van der Waals surface area contributed by atoms with Crippen molar-refractivity contribution in [2.24, 2.45) is 16.0 Å². The number of nitrogens with zero attached hydrogens (tertiary/aromatic N) is 5. The number of nitrogen functional groups attached to an aromatic ring is 1. The molecule has 1 fully saturated rings. The molecule has 1 aromatic rings. The quantitative estimate of drug-likeness (QED) is 0.129. The number of nitrogens with one attached hydrogen (secondary N) is 1. The van der Waals surface area contributed by atoms with Crippen LogP contribution in [-0.2, 0) is 19.2 Å². The number of thioether (sulfide) groups is 3. The smallest absolute Gasteiger partial charge is 0.352 e. The zero-order valence-corrected chi connectivity index (χ0v) is 23.0. The number of fused-ring (bicyclic) bond motifs is 1. The van der Waals surface area contributed by atoms with E-state index in [1.54, 1.807) is 15.9 Å². The van der Waals surface area contributed by atoms with Gasteiger partial charge in [-0.2, -0.15) is 5.10 Å². The molecule has 2 amide bonds. The fourth-order valence-corrected chi connectivity index (χ4v) is 8.26. The number of carboxylic acid groups (broad SMARTS) is 1. The minimum Gasteiger partial charge on any atom is -0.477 e. The summed E-state index contributed by atoms with van der Waals surface area (Å²) >= 11 is 5.53. The molecular formula is C21H24N8O5S4. The van der Waals surface area contributed by atoms with Gasteiger partial charge in [-0.05, 0) is 24.5 Å². The standard InChI is InChI=1S/C21H24N8O5S4/c22-8-28-21(38-9-24-28)37-6-10-5-35-18-14(17(31)29(18)15(10)19(32)33)26-16(30)13(12-7-36-20(23)25-12)27-34-11-3-1-2-4-11/h1,3,7,9,11,14,18,21H,2,4-6,8,22H2,(H2,23,25)(H,26,30)(H,32,33)/b27-13-/t11?,14?,18-,21?/m1/s1. The van der Waals surface area contributed by atoms with Gasteiger partial charge in [-0.15, -0.1) is 34.9 Å². The molecule has 0 spiro atoms. The number of anilines is 1. The summed E-state index contributed by atoms with van der Waals surface area (Å²) in [6.07, 6.45) is 5.18. The lowest BCUT2D eigenvalue weighted by molar-refractivity contribution is -0.150. The lowest BCUT2D eigenvalue weighted by Crippen LogP contribution is -2.71. The summed E-state index contributed by atoms with van der Waals surface area (Å²) in [6, 6.07) is -0.921. The zero-order valence-electron chi connectivity index (χ0n) is 19.8. The third-order valence-corrected chi connectivity index (χ3v) is 10.5. The summed E-state index contributed by atoms with van der Waals surface area (Å²) in [5.74, 6) is -1.55. The first-order valence-corrected chi connectivity index (χ1v) is 15.4. The topological polar surface area (TPSA) is 189 Å². The third-order valence-electron chi connectivity index (χ3n) is 5.97. The van der Waals surface area contributed by atoms with Crippen molar-refractivity contribution < 1.29 is 24.3 Å². The van der Waals surface area contributed by atoms with Crippen LogP contribution in [0.15, 0.2) is 39.1 Å². The number of rotatable bonds is 10. The largest absolute Gasteiger partial charge is 0.477 e. The maximum atomic E-state index is 13.2. The number of oxime groups is 1. The number of thiazole rings is 1. The van der Waals surface area contributed by atoms with Crippen LogP contribution in [0.25, 0.3) is 0 Å². The molecule has 17 heteroatoms. The first kappa shape index (κ1) is 26.9. The summed E-state index contributed by atoms with van der Waals surface area (Å²) in [7, 11) is 0. The molecule has 0 bridgehead atoms. The van der Waals surface area contributed by atoms with Gasteiger partial charge in [0.05, 0.1) is 12.2 Å². The Balaban J connectivity index is 1.28. The molecule has 6 N–H and O–H groups in total. The number of hydrogen-bond donors (Lipinski definition) is 4. The van der Waals surface area contributed by atoms with E-state index in [0.29, 0.717) is 17.1 Å². The molecule has 3 aliphatic heterocycles. The Morgan fingerprint density at radius 2 is 2.24 bits per heavy atom. The highest BCUT2D eigenvalue weighted by molar-refractivity contribution is 8.24. The summed E-state index contributed by atoms with van der Waals surface area (Å²) in [5, 5.41) is 23.8. The molecule has 38 heavy (non-hydrogen) atoms. The predicted molar refractivity (Wildman–Crippen MR) is 149 cm³/mol. The van der Waals surface area contributed by atoms with Gasteiger partial charge in [0.2, 0.25) is 0 Å². The molecule has 4 atom stereocenters. The number of aliphatic carboxylic acids is 1. The van der Waals surface area contributed by atoms with Gasteiger partial charge >= 0.3 is 5.97 Å². The lowest BCUT2D eigenvalue weighted by atomic mass is 10.0. The fraction of sp³-hybridized carbons (Fsp3) is 0.429. The second-order valence-electron chi connectivity index (χ2n) is 8.38. The van der Waals surface area contributed by atoms with Crippen LogP contribution >= 0.6 is 46.6 Å². The first-order chi connectivity index (χ1) is 18.4. The van der Waals surface area contributed by atoms with Gasteiger partial charge < -0.3 is 26.7 Å². The van der Waals surface area contributed by atoms with Crippen LogP contribution in [-0.4, -0.2) is 89.4 Å². The minimum absolute atomic E-state index is 0.0440. The van der Waals surface area contributed by atoms with E-state index < -0.39 is 29.2 Å². The van der Waals surface area contributed by atoms with E-state index in [9.17, 15) is 19.5 Å². The highest BCUT2D eigenvalue weighted by Crippen LogP contribution is 2.42. The van der Waals surface area contributed by atoms with Crippen molar-refractivity contribution in [2.75, 3.05) is 23.9 Å². The van der Waals surface area contributed by atoms with Crippen molar-refractivity contribution in [3.63, 3.8) is 0 Å². The molecule has 3 unspecified atom stereocenters. The van der Waals surface area contributed by atoms with E-state index >= 15 is 0 Å². The number of carbonyl (C=O) groups is 3. The Kier molecular flexibility index (Phi) is 8.18. The van der Waals surface area contributed by atoms with Gasteiger partial charge in [0.1, 0.15) is 33.6 Å². The Bertz CT molecular complexity index is 1250. The average molecular weight is 597 g/mol. The lowest BCUT2D eigenvalue weighted by Gasteiger charge is -2.49. The molecule has 4 heterocycles. The van der Waals surface area contributed by atoms with Crippen molar-refractivity contribution in [3.05, 3.63) is 34.5 Å². The number of amides is 2. The van der Waals surface area contributed by atoms with Gasteiger partial charge in [0.25, 0.3) is 11.8 Å². The third kappa shape index (κ3) is 5.38. The molecule has 1 aromatic heterocycles. The summed E-state index contributed by atoms with van der Waals surface area (Å²) in [5.41, 5.74) is 13.9. The van der Waals surface area contributed by atoms with Crippen LogP contribution in [0, 0.1) is 0 Å². The van der Waals surface area contributed by atoms with Crippen molar-refractivity contribution in [2.45, 2.75) is 35.1 Å². The molecule has 0 saturated carbocycles. The monoisotopic (exact) mass is 596 g/mol. The van der Waals surface area contributed by atoms with Crippen molar-refractivity contribution in [1.82, 2.24) is 20.2 Å². The van der Waals surface area contributed by atoms with Crippen LogP contribution in [0.5, 0.6) is 0 Å². The molecule has 202 valence electrons. The van der Waals surface area contributed by atoms with Crippen LogP contribution < -0.4 is 16.8 Å². The Hall–Kier alpha value is -2.73. The second kappa shape index (κ2) is 11.6. The van der Waals surface area contributed by atoms with E-state index in [-0.39, 0.29) is 39.7 Å². The highest BCUT2D eigenvalue weighted by Gasteiger charge is 2.54. The minimum atomic E-state index is -1.19. The van der Waals surface area contributed by atoms with E-state index in [1.165, 1.54) is 40.2 Å². The summed E-state index contributed by atoms with van der Waals surface area (Å²) in [6.45, 7) is 0.246. The molecule has 1 aliphatic carbocycles. The van der Waals surface area contributed by atoms with E-state index in [0.717, 1.165) is 24.2 Å². The Morgan fingerprint density at radius 3 is 2.92 bits per heavy atom. The van der Waals surface area contributed by atoms with Crippen molar-refractivity contribution in [1.29, 1.82) is 0 Å². The van der Waals surface area contributed by atoms with Gasteiger partial charge in [0.15, 0.2) is 10.8 Å². The SMILES string of the molecule is NCN1N=CSC1SCC1=C(C(=O)O)N2C(=O)C(NC(=O)/C(=N\OC3C=CCC3)c3csc(N)n3)[C@H]2SC1. The maximum absolute atomic E-state index is 13.2. The number of carboxylic acids is 1. The molecule has 4 aliphatic rings. The summed E-state index contributed by atoms with van der Waals surface area (Å²) in [4.78, 5) is 49.4. The second-order valence-corrected chi connectivity index (χ2v) is 12.7. The van der Waals surface area contributed by atoms with E-state index in [2.05, 4.69) is 20.6 Å². The van der Waals surface area contributed by atoms with E-state index in [1.807, 2.05) is 12.2 Å². The fourth-order valence-electron chi connectivity index (χ4n) is 4.11. The van der Waals surface area contributed by atoms with Gasteiger partial charge in [-0.1, -0.05) is 23.0 Å². The van der Waals surface area contributed by atoms with Crippen molar-refractivity contribution in [3.8, 4) is 0 Å². The number of hydrazone groups is 1. The van der Waals surface area contributed by atoms with Crippen LogP contribution in [0.1, 0.15) is 18.5 Å². The van der Waals surface area contributed by atoms with Crippen LogP contribution in [0.4, 0.5) is 5.13 Å². The Labute approximate surface area is 234 Å². The molecular weight excluding hydrogens is 573 g/mol. The first-order valence-electron chi connectivity index (χ1n) is 11.5. The average Bonchev–Trinajstić information content (AvgIpc) is 3.68. The Morgan fingerprint density at radius 1 is 1.39 bits per heavy atom. The molecule has 5 rings (SSSR count). The van der Waals surface area contributed by atoms with E-state index in [4.69, 9.17) is 16.3 Å². The number of carbonyl (C=O) groups excluding carboxylic acids is 2. The number of allylic oxidation sites excluding steroid dienone is 1. The van der Waals surface area contributed by atoms with Crippen molar-refractivity contribution >= 4 is 80.8 Å². The summed E-state index contributed by atoms with van der Waals surface area (Å²) < 4.78 is -0.0659. The number of nitrogens with two attached hydrogens (primary N) is 2. The molecule has 0 radical (unpaired) electrons. The highest BCUT2D eigenvalue weighted by atomic mass is 32.2. The predicted octanol–water partition coefficient (Wildman–Crippen LogP) is 0.828. The van der Waals surface area contributed by atoms with Gasteiger partial charge in [-0.25, -0.2) is 9.78 Å². The molecule has 1 saturated heterocycles.